The van der Waals surface area contributed by atoms with Gasteiger partial charge in [0.1, 0.15) is 11.6 Å². The van der Waals surface area contributed by atoms with Crippen LogP contribution in [0.15, 0.2) is 65.1 Å². The van der Waals surface area contributed by atoms with Crippen LogP contribution in [0.4, 0.5) is 15.8 Å². The van der Waals surface area contributed by atoms with Crippen LogP contribution in [0.5, 0.6) is 5.75 Å². The first-order chi connectivity index (χ1) is 15.7. The minimum atomic E-state index is -0.570. The van der Waals surface area contributed by atoms with E-state index < -0.39 is 11.7 Å². The third-order valence-corrected chi connectivity index (χ3v) is 5.48. The molecule has 0 fully saturated rings. The summed E-state index contributed by atoms with van der Waals surface area (Å²) in [4.78, 5) is 25.6. The molecule has 0 unspecified atom stereocenters. The van der Waals surface area contributed by atoms with Crippen molar-refractivity contribution in [2.45, 2.75) is 20.3 Å². The summed E-state index contributed by atoms with van der Waals surface area (Å²) >= 11 is 9.16. The van der Waals surface area contributed by atoms with E-state index in [0.717, 1.165) is 10.9 Å². The highest BCUT2D eigenvalue weighted by atomic mass is 79.9. The number of carbonyl (C=O) groups is 2. The molecule has 0 saturated carbocycles. The second-order valence-corrected chi connectivity index (χ2v) is 9.11. The molecule has 0 spiro atoms. The Morgan fingerprint density at radius 3 is 2.45 bits per heavy atom. The van der Waals surface area contributed by atoms with Gasteiger partial charge in [0, 0.05) is 21.4 Å². The highest BCUT2D eigenvalue weighted by Crippen LogP contribution is 2.25. The first-order valence-corrected chi connectivity index (χ1v) is 11.5. The largest absolute Gasteiger partial charge is 0.493 e. The predicted molar refractivity (Wildman–Crippen MR) is 133 cm³/mol. The molecular weight excluding hydrogens is 511 g/mol. The molecule has 3 aromatic carbocycles. The van der Waals surface area contributed by atoms with E-state index in [0.29, 0.717) is 40.8 Å². The molecule has 2 N–H and O–H groups in total. The SMILES string of the molecule is CC(C)CCOc1ccc(Br)cc1C(=O)Nc1cccc(C(=O)Nc2ccc(F)c(Cl)c2)c1. The molecule has 0 aliphatic rings. The van der Waals surface area contributed by atoms with E-state index in [1.54, 1.807) is 36.4 Å². The van der Waals surface area contributed by atoms with Gasteiger partial charge in [0.2, 0.25) is 0 Å². The third-order valence-electron chi connectivity index (χ3n) is 4.70. The maximum absolute atomic E-state index is 13.3. The number of hydrogen-bond donors (Lipinski definition) is 2. The number of amides is 2. The van der Waals surface area contributed by atoms with E-state index in [2.05, 4.69) is 40.4 Å². The molecule has 3 aromatic rings. The average Bonchev–Trinajstić information content (AvgIpc) is 2.77. The molecule has 5 nitrogen and oxygen atoms in total. The summed E-state index contributed by atoms with van der Waals surface area (Å²) < 4.78 is 19.9. The molecule has 33 heavy (non-hydrogen) atoms. The van der Waals surface area contributed by atoms with Gasteiger partial charge in [-0.25, -0.2) is 4.39 Å². The Balaban J connectivity index is 1.73. The van der Waals surface area contributed by atoms with Crippen molar-refractivity contribution in [1.29, 1.82) is 0 Å². The molecule has 8 heteroatoms. The number of anilines is 2. The van der Waals surface area contributed by atoms with Gasteiger partial charge < -0.3 is 15.4 Å². The zero-order valence-corrected chi connectivity index (χ0v) is 20.5. The van der Waals surface area contributed by atoms with Crippen LogP contribution >= 0.6 is 27.5 Å². The number of hydrogen-bond acceptors (Lipinski definition) is 3. The minimum absolute atomic E-state index is 0.0887. The van der Waals surface area contributed by atoms with Crippen LogP contribution in [0.3, 0.4) is 0 Å². The minimum Gasteiger partial charge on any atom is -0.493 e. The zero-order valence-electron chi connectivity index (χ0n) is 18.1. The smallest absolute Gasteiger partial charge is 0.259 e. The monoisotopic (exact) mass is 532 g/mol. The van der Waals surface area contributed by atoms with E-state index in [9.17, 15) is 14.0 Å². The Morgan fingerprint density at radius 1 is 1.00 bits per heavy atom. The molecule has 2 amide bonds. The fourth-order valence-corrected chi connectivity index (χ4v) is 3.47. The number of rotatable bonds is 8. The van der Waals surface area contributed by atoms with Gasteiger partial charge in [-0.3, -0.25) is 9.59 Å². The van der Waals surface area contributed by atoms with Crippen molar-refractivity contribution < 1.29 is 18.7 Å². The lowest BCUT2D eigenvalue weighted by molar-refractivity contribution is 0.101. The summed E-state index contributed by atoms with van der Waals surface area (Å²) in [6.07, 6.45) is 0.869. The maximum atomic E-state index is 13.3. The summed E-state index contributed by atoms with van der Waals surface area (Å²) in [7, 11) is 0. The lowest BCUT2D eigenvalue weighted by Gasteiger charge is -2.14. The standard InChI is InChI=1S/C25H23BrClFN2O3/c1-15(2)10-11-33-23-9-6-17(26)13-20(23)25(32)30-18-5-3-4-16(12-18)24(31)29-19-7-8-22(28)21(27)14-19/h3-9,12-15H,10-11H2,1-2H3,(H,29,31)(H,30,32). The Bertz CT molecular complexity index is 1170. The van der Waals surface area contributed by atoms with Crippen LogP contribution in [0.1, 0.15) is 41.0 Å². The average molecular weight is 534 g/mol. The van der Waals surface area contributed by atoms with E-state index in [-0.39, 0.29) is 10.9 Å². The summed E-state index contributed by atoms with van der Waals surface area (Å²) in [6.45, 7) is 4.71. The summed E-state index contributed by atoms with van der Waals surface area (Å²) in [5.41, 5.74) is 1.50. The summed E-state index contributed by atoms with van der Waals surface area (Å²) in [5.74, 6) is -0.386. The first kappa shape index (κ1) is 24.7. The second-order valence-electron chi connectivity index (χ2n) is 7.79. The van der Waals surface area contributed by atoms with Crippen molar-refractivity contribution in [2.24, 2.45) is 5.92 Å². The van der Waals surface area contributed by atoms with Crippen molar-refractivity contribution in [1.82, 2.24) is 0 Å². The van der Waals surface area contributed by atoms with Crippen LogP contribution in [-0.2, 0) is 0 Å². The predicted octanol–water partition coefficient (Wildman–Crippen LogP) is 7.17. The second kappa shape index (κ2) is 11.3. The molecule has 0 heterocycles. The normalized spacial score (nSPS) is 10.7. The zero-order chi connectivity index (χ0) is 24.0. The molecule has 0 aromatic heterocycles. The van der Waals surface area contributed by atoms with E-state index in [1.165, 1.54) is 18.2 Å². The van der Waals surface area contributed by atoms with E-state index >= 15 is 0 Å². The van der Waals surface area contributed by atoms with Crippen LogP contribution in [0, 0.1) is 11.7 Å². The van der Waals surface area contributed by atoms with E-state index in [4.69, 9.17) is 16.3 Å². The summed E-state index contributed by atoms with van der Waals surface area (Å²) in [5, 5.41) is 5.38. The number of carbonyl (C=O) groups excluding carboxylic acids is 2. The number of benzene rings is 3. The van der Waals surface area contributed by atoms with Crippen molar-refractivity contribution in [2.75, 3.05) is 17.2 Å². The van der Waals surface area contributed by atoms with Gasteiger partial charge in [0.05, 0.1) is 17.2 Å². The lowest BCUT2D eigenvalue weighted by atomic mass is 10.1. The van der Waals surface area contributed by atoms with Gasteiger partial charge in [0.25, 0.3) is 11.8 Å². The van der Waals surface area contributed by atoms with Crippen molar-refractivity contribution in [3.63, 3.8) is 0 Å². The quantitative estimate of drug-likeness (QED) is 0.322. The third kappa shape index (κ3) is 7.04. The molecule has 0 aliphatic heterocycles. The maximum Gasteiger partial charge on any atom is 0.259 e. The molecule has 0 radical (unpaired) electrons. The fraction of sp³-hybridized carbons (Fsp3) is 0.200. The molecule has 0 atom stereocenters. The summed E-state index contributed by atoms with van der Waals surface area (Å²) in [6, 6.07) is 15.7. The lowest BCUT2D eigenvalue weighted by Crippen LogP contribution is -2.16. The van der Waals surface area contributed by atoms with Crippen LogP contribution < -0.4 is 15.4 Å². The highest BCUT2D eigenvalue weighted by Gasteiger charge is 2.15. The molecule has 0 aliphatic carbocycles. The molecule has 0 bridgehead atoms. The van der Waals surface area contributed by atoms with Crippen molar-refractivity contribution >= 4 is 50.7 Å². The molecule has 172 valence electrons. The first-order valence-electron chi connectivity index (χ1n) is 10.3. The van der Waals surface area contributed by atoms with Gasteiger partial charge in [-0.2, -0.15) is 0 Å². The Labute approximate surface area is 205 Å². The fourth-order valence-electron chi connectivity index (χ4n) is 2.92. The van der Waals surface area contributed by atoms with Gasteiger partial charge in [-0.15, -0.1) is 0 Å². The van der Waals surface area contributed by atoms with Crippen LogP contribution in [-0.4, -0.2) is 18.4 Å². The van der Waals surface area contributed by atoms with Crippen molar-refractivity contribution in [3.05, 3.63) is 87.1 Å². The van der Waals surface area contributed by atoms with Gasteiger partial charge >= 0.3 is 0 Å². The van der Waals surface area contributed by atoms with Crippen LogP contribution in [0.25, 0.3) is 0 Å². The Kier molecular flexibility index (Phi) is 8.47. The highest BCUT2D eigenvalue weighted by molar-refractivity contribution is 9.10. The number of halogens is 3. The van der Waals surface area contributed by atoms with Gasteiger partial charge in [0.15, 0.2) is 0 Å². The number of nitrogens with one attached hydrogen (secondary N) is 2. The Hall–Kier alpha value is -2.90. The van der Waals surface area contributed by atoms with Gasteiger partial charge in [-0.1, -0.05) is 47.4 Å². The molecule has 3 rings (SSSR count). The van der Waals surface area contributed by atoms with Gasteiger partial charge in [-0.05, 0) is 66.9 Å². The molecular formula is C25H23BrClFN2O3. The Morgan fingerprint density at radius 2 is 1.73 bits per heavy atom. The van der Waals surface area contributed by atoms with E-state index in [1.807, 2.05) is 6.07 Å². The molecule has 0 saturated heterocycles. The van der Waals surface area contributed by atoms with Crippen molar-refractivity contribution in [3.8, 4) is 5.75 Å². The number of ether oxygens (including phenoxy) is 1. The van der Waals surface area contributed by atoms with Crippen LogP contribution in [0.2, 0.25) is 5.02 Å². The topological polar surface area (TPSA) is 67.4 Å².